The normalized spacial score (nSPS) is 27.6. The zero-order valence-corrected chi connectivity index (χ0v) is 10.8. The van der Waals surface area contributed by atoms with E-state index in [1.165, 1.54) is 57.8 Å². The molecule has 2 rings (SSSR count). The molecule has 0 atom stereocenters. The van der Waals surface area contributed by atoms with Crippen molar-refractivity contribution in [3.05, 3.63) is 0 Å². The van der Waals surface area contributed by atoms with Gasteiger partial charge >= 0.3 is 0 Å². The molecule has 2 fully saturated rings. The highest BCUT2D eigenvalue weighted by atomic mass is 14.6. The average molecular weight is 208 g/mol. The molecule has 0 aliphatic heterocycles. The van der Waals surface area contributed by atoms with Crippen LogP contribution in [0.15, 0.2) is 0 Å². The first-order chi connectivity index (χ1) is 7.22. The van der Waals surface area contributed by atoms with Crippen molar-refractivity contribution in [2.45, 2.75) is 84.5 Å². The first-order valence-electron chi connectivity index (χ1n) is 7.22. The van der Waals surface area contributed by atoms with Crippen LogP contribution in [0.3, 0.4) is 0 Å². The molecule has 2 saturated carbocycles. The summed E-state index contributed by atoms with van der Waals surface area (Å²) in [6.45, 7) is 4.92. The molecule has 0 spiro atoms. The molecule has 0 heteroatoms. The van der Waals surface area contributed by atoms with Gasteiger partial charge in [0.05, 0.1) is 0 Å². The van der Waals surface area contributed by atoms with E-state index in [2.05, 4.69) is 13.8 Å². The van der Waals surface area contributed by atoms with E-state index in [1.807, 2.05) is 0 Å². The van der Waals surface area contributed by atoms with E-state index >= 15 is 0 Å². The summed E-state index contributed by atoms with van der Waals surface area (Å²) in [7, 11) is 0. The molecule has 0 heterocycles. The van der Waals surface area contributed by atoms with Crippen LogP contribution in [-0.4, -0.2) is 0 Å². The van der Waals surface area contributed by atoms with Crippen molar-refractivity contribution in [2.24, 2.45) is 10.8 Å². The van der Waals surface area contributed by atoms with Crippen molar-refractivity contribution in [2.75, 3.05) is 0 Å². The summed E-state index contributed by atoms with van der Waals surface area (Å²) in [6.07, 6.45) is 16.6. The number of hydrogen-bond donors (Lipinski definition) is 0. The lowest BCUT2D eigenvalue weighted by Gasteiger charge is -2.53. The van der Waals surface area contributed by atoms with Crippen molar-refractivity contribution in [3.8, 4) is 0 Å². The van der Waals surface area contributed by atoms with E-state index in [9.17, 15) is 0 Å². The Hall–Kier alpha value is 0. The van der Waals surface area contributed by atoms with Crippen LogP contribution >= 0.6 is 0 Å². The van der Waals surface area contributed by atoms with Crippen molar-refractivity contribution >= 4 is 0 Å². The Morgan fingerprint density at radius 2 is 1.53 bits per heavy atom. The quantitative estimate of drug-likeness (QED) is 0.537. The third-order valence-electron chi connectivity index (χ3n) is 5.56. The molecular formula is C15H28. The van der Waals surface area contributed by atoms with Gasteiger partial charge in [-0.25, -0.2) is 0 Å². The van der Waals surface area contributed by atoms with Crippen LogP contribution in [0.2, 0.25) is 0 Å². The maximum atomic E-state index is 2.59. The highest BCUT2D eigenvalue weighted by Gasteiger charge is 2.51. The SMILES string of the molecule is CCCCCC1(C2(C)CCC2)CCCC1. The molecule has 0 aromatic rings. The second kappa shape index (κ2) is 4.47. The van der Waals surface area contributed by atoms with Gasteiger partial charge in [-0.2, -0.15) is 0 Å². The smallest absolute Gasteiger partial charge is 0.0244 e. The van der Waals surface area contributed by atoms with Gasteiger partial charge in [-0.3, -0.25) is 0 Å². The number of rotatable bonds is 5. The van der Waals surface area contributed by atoms with Gasteiger partial charge in [0.25, 0.3) is 0 Å². The van der Waals surface area contributed by atoms with Crippen LogP contribution in [0.4, 0.5) is 0 Å². The summed E-state index contributed by atoms with van der Waals surface area (Å²) in [4.78, 5) is 0. The van der Waals surface area contributed by atoms with E-state index < -0.39 is 0 Å². The Balaban J connectivity index is 1.97. The minimum Gasteiger partial charge on any atom is -0.0654 e. The van der Waals surface area contributed by atoms with Crippen LogP contribution in [-0.2, 0) is 0 Å². The van der Waals surface area contributed by atoms with Gasteiger partial charge in [0.15, 0.2) is 0 Å². The van der Waals surface area contributed by atoms with E-state index in [0.29, 0.717) is 0 Å². The molecule has 2 aliphatic carbocycles. The van der Waals surface area contributed by atoms with Gasteiger partial charge < -0.3 is 0 Å². The molecule has 0 aromatic carbocycles. The number of unbranched alkanes of at least 4 members (excludes halogenated alkanes) is 2. The van der Waals surface area contributed by atoms with Crippen molar-refractivity contribution in [1.82, 2.24) is 0 Å². The van der Waals surface area contributed by atoms with Crippen LogP contribution in [0.25, 0.3) is 0 Å². The summed E-state index contributed by atoms with van der Waals surface area (Å²) in [6, 6.07) is 0. The third kappa shape index (κ3) is 1.97. The Kier molecular flexibility index (Phi) is 3.42. The fourth-order valence-electron chi connectivity index (χ4n) is 4.16. The fourth-order valence-corrected chi connectivity index (χ4v) is 4.16. The topological polar surface area (TPSA) is 0 Å². The van der Waals surface area contributed by atoms with Gasteiger partial charge in [0, 0.05) is 0 Å². The summed E-state index contributed by atoms with van der Waals surface area (Å²) < 4.78 is 0. The van der Waals surface area contributed by atoms with Crippen molar-refractivity contribution in [1.29, 1.82) is 0 Å². The Labute approximate surface area is 95.8 Å². The zero-order chi connectivity index (χ0) is 10.8. The molecule has 0 aromatic heterocycles. The van der Waals surface area contributed by atoms with Gasteiger partial charge in [0.1, 0.15) is 0 Å². The van der Waals surface area contributed by atoms with E-state index in [4.69, 9.17) is 0 Å². The Morgan fingerprint density at radius 1 is 0.867 bits per heavy atom. The lowest BCUT2D eigenvalue weighted by atomic mass is 9.52. The van der Waals surface area contributed by atoms with E-state index in [-0.39, 0.29) is 0 Å². The van der Waals surface area contributed by atoms with Crippen LogP contribution in [0.1, 0.15) is 84.5 Å². The monoisotopic (exact) mass is 208 g/mol. The maximum Gasteiger partial charge on any atom is -0.0244 e. The molecule has 0 unspecified atom stereocenters. The molecule has 2 aliphatic rings. The molecule has 0 radical (unpaired) electrons. The van der Waals surface area contributed by atoms with Crippen molar-refractivity contribution in [3.63, 3.8) is 0 Å². The summed E-state index contributed by atoms with van der Waals surface area (Å²) in [5.74, 6) is 0. The second-order valence-electron chi connectivity index (χ2n) is 6.36. The largest absolute Gasteiger partial charge is 0.0654 e. The minimum atomic E-state index is 0.747. The Bertz CT molecular complexity index is 194. The minimum absolute atomic E-state index is 0.747. The molecule has 88 valence electrons. The lowest BCUT2D eigenvalue weighted by Crippen LogP contribution is -2.43. The molecule has 0 amide bonds. The highest BCUT2D eigenvalue weighted by Crippen LogP contribution is 2.62. The zero-order valence-electron chi connectivity index (χ0n) is 10.8. The standard InChI is InChI=1S/C15H28/c1-3-4-5-11-15(12-6-7-13-15)14(2)9-8-10-14/h3-13H2,1-2H3. The first kappa shape index (κ1) is 11.5. The predicted molar refractivity (Wildman–Crippen MR) is 67.0 cm³/mol. The molecule has 15 heavy (non-hydrogen) atoms. The fraction of sp³-hybridized carbons (Fsp3) is 1.00. The first-order valence-corrected chi connectivity index (χ1v) is 7.22. The van der Waals surface area contributed by atoms with Crippen LogP contribution in [0.5, 0.6) is 0 Å². The molecule has 0 saturated heterocycles. The molecule has 0 nitrogen and oxygen atoms in total. The summed E-state index contributed by atoms with van der Waals surface area (Å²) >= 11 is 0. The van der Waals surface area contributed by atoms with Gasteiger partial charge in [0.2, 0.25) is 0 Å². The molecular weight excluding hydrogens is 180 g/mol. The maximum absolute atomic E-state index is 2.59. The third-order valence-corrected chi connectivity index (χ3v) is 5.56. The summed E-state index contributed by atoms with van der Waals surface area (Å²) in [5, 5.41) is 0. The predicted octanol–water partition coefficient (Wildman–Crippen LogP) is 5.32. The van der Waals surface area contributed by atoms with Gasteiger partial charge in [-0.05, 0) is 42.9 Å². The van der Waals surface area contributed by atoms with Crippen LogP contribution < -0.4 is 0 Å². The van der Waals surface area contributed by atoms with E-state index in [1.54, 1.807) is 12.8 Å². The number of hydrogen-bond acceptors (Lipinski definition) is 0. The van der Waals surface area contributed by atoms with Crippen molar-refractivity contribution < 1.29 is 0 Å². The highest BCUT2D eigenvalue weighted by molar-refractivity contribution is 5.02. The van der Waals surface area contributed by atoms with E-state index in [0.717, 1.165) is 10.8 Å². The molecule has 0 N–H and O–H groups in total. The lowest BCUT2D eigenvalue weighted by molar-refractivity contribution is -0.0287. The second-order valence-corrected chi connectivity index (χ2v) is 6.36. The van der Waals surface area contributed by atoms with Crippen LogP contribution in [0, 0.1) is 10.8 Å². The Morgan fingerprint density at radius 3 is 2.00 bits per heavy atom. The van der Waals surface area contributed by atoms with Gasteiger partial charge in [-0.15, -0.1) is 0 Å². The average Bonchev–Trinajstić information content (AvgIpc) is 2.65. The molecule has 0 bridgehead atoms. The van der Waals surface area contributed by atoms with Gasteiger partial charge in [-0.1, -0.05) is 52.4 Å². The summed E-state index contributed by atoms with van der Waals surface area (Å²) in [5.41, 5.74) is 1.53.